The zero-order valence-electron chi connectivity index (χ0n) is 16.9. The molecule has 2 aromatic heterocycles. The van der Waals surface area contributed by atoms with Crippen LogP contribution in [0.4, 0.5) is 0 Å². The van der Waals surface area contributed by atoms with Gasteiger partial charge in [-0.2, -0.15) is 4.31 Å². The average Bonchev–Trinajstić information content (AvgIpc) is 3.46. The van der Waals surface area contributed by atoms with Crippen LogP contribution in [0.3, 0.4) is 0 Å². The van der Waals surface area contributed by atoms with Gasteiger partial charge in [0.25, 0.3) is 15.9 Å². The summed E-state index contributed by atoms with van der Waals surface area (Å²) in [6.45, 7) is 1.76. The molecule has 1 aromatic carbocycles. The number of carbonyl (C=O) groups is 1. The molecule has 3 aromatic rings. The van der Waals surface area contributed by atoms with Crippen LogP contribution in [-0.4, -0.2) is 52.0 Å². The summed E-state index contributed by atoms with van der Waals surface area (Å²) in [5.41, 5.74) is 1.01. The maximum absolute atomic E-state index is 12.8. The van der Waals surface area contributed by atoms with Gasteiger partial charge in [0.1, 0.15) is 14.8 Å². The number of hydrogen-bond acceptors (Lipinski definition) is 7. The number of carbonyl (C=O) groups excluding carboxylic acids is 1. The number of morpholine rings is 1. The highest BCUT2D eigenvalue weighted by atomic mass is 32.2. The van der Waals surface area contributed by atoms with E-state index >= 15 is 0 Å². The topological polar surface area (TPSA) is 84.9 Å². The fraction of sp³-hybridized carbons (Fsp3) is 0.286. The predicted octanol–water partition coefficient (Wildman–Crippen LogP) is 3.44. The van der Waals surface area contributed by atoms with E-state index in [-0.39, 0.29) is 16.7 Å². The molecule has 0 aliphatic carbocycles. The van der Waals surface area contributed by atoms with E-state index in [0.717, 1.165) is 15.3 Å². The lowest BCUT2D eigenvalue weighted by atomic mass is 10.2. The van der Waals surface area contributed by atoms with E-state index in [1.54, 1.807) is 12.1 Å². The van der Waals surface area contributed by atoms with E-state index < -0.39 is 10.0 Å². The summed E-state index contributed by atoms with van der Waals surface area (Å²) in [5.74, 6) is 0.262. The molecule has 0 bridgehead atoms. The Morgan fingerprint density at radius 3 is 2.58 bits per heavy atom. The molecular formula is C21H22N2O5S3. The number of benzene rings is 1. The van der Waals surface area contributed by atoms with Gasteiger partial charge in [0.05, 0.1) is 26.9 Å². The van der Waals surface area contributed by atoms with Crippen molar-refractivity contribution >= 4 is 38.6 Å². The highest BCUT2D eigenvalue weighted by Gasteiger charge is 2.28. The normalized spacial score (nSPS) is 15.0. The minimum absolute atomic E-state index is 0.240. The molecule has 0 saturated carbocycles. The summed E-state index contributed by atoms with van der Waals surface area (Å²) < 4.78 is 37.9. The summed E-state index contributed by atoms with van der Waals surface area (Å²) >= 11 is 2.53. The van der Waals surface area contributed by atoms with Crippen LogP contribution in [0, 0.1) is 0 Å². The van der Waals surface area contributed by atoms with Crippen LogP contribution in [0.2, 0.25) is 0 Å². The van der Waals surface area contributed by atoms with Crippen LogP contribution < -0.4 is 10.1 Å². The summed E-state index contributed by atoms with van der Waals surface area (Å²) in [4.78, 5) is 15.0. The van der Waals surface area contributed by atoms with Crippen molar-refractivity contribution in [3.8, 4) is 16.2 Å². The van der Waals surface area contributed by atoms with Gasteiger partial charge in [-0.25, -0.2) is 8.42 Å². The molecule has 0 unspecified atom stereocenters. The molecule has 1 amide bonds. The Labute approximate surface area is 189 Å². The van der Waals surface area contributed by atoms with E-state index in [0.29, 0.717) is 36.9 Å². The Morgan fingerprint density at radius 1 is 1.13 bits per heavy atom. The maximum Gasteiger partial charge on any atom is 0.265 e. The van der Waals surface area contributed by atoms with Crippen molar-refractivity contribution < 1.29 is 22.7 Å². The van der Waals surface area contributed by atoms with Gasteiger partial charge in [-0.3, -0.25) is 4.79 Å². The quantitative estimate of drug-likeness (QED) is 0.562. The lowest BCUT2D eigenvalue weighted by Crippen LogP contribution is -2.40. The van der Waals surface area contributed by atoms with Crippen molar-refractivity contribution in [2.75, 3.05) is 33.4 Å². The molecule has 31 heavy (non-hydrogen) atoms. The Kier molecular flexibility index (Phi) is 6.73. The molecule has 7 nitrogen and oxygen atoms in total. The molecule has 1 aliphatic heterocycles. The number of rotatable bonds is 7. The van der Waals surface area contributed by atoms with Gasteiger partial charge in [-0.05, 0) is 23.8 Å². The van der Waals surface area contributed by atoms with Crippen LogP contribution in [-0.2, 0) is 21.3 Å². The highest BCUT2D eigenvalue weighted by molar-refractivity contribution is 7.91. The molecule has 164 valence electrons. The molecule has 1 fully saturated rings. The lowest BCUT2D eigenvalue weighted by molar-refractivity contribution is 0.0731. The SMILES string of the molecule is COc1cc(-c2ccccc2)sc1C(=O)NCc1ccc(S(=O)(=O)N2CCOCC2)s1. The molecule has 10 heteroatoms. The summed E-state index contributed by atoms with van der Waals surface area (Å²) in [5, 5.41) is 2.87. The summed E-state index contributed by atoms with van der Waals surface area (Å²) in [7, 11) is -1.99. The number of hydrogen-bond donors (Lipinski definition) is 1. The Bertz CT molecular complexity index is 1150. The summed E-state index contributed by atoms with van der Waals surface area (Å²) in [6, 6.07) is 15.0. The van der Waals surface area contributed by atoms with Crippen molar-refractivity contribution in [3.05, 3.63) is 58.3 Å². The number of methoxy groups -OCH3 is 1. The standard InChI is InChI=1S/C21H22N2O5S3/c1-27-17-13-18(15-5-3-2-4-6-15)30-20(17)21(24)22-14-16-7-8-19(29-16)31(25,26)23-9-11-28-12-10-23/h2-8,13H,9-12,14H2,1H3,(H,22,24). The van der Waals surface area contributed by atoms with Crippen LogP contribution in [0.1, 0.15) is 14.5 Å². The number of sulfonamides is 1. The predicted molar refractivity (Wildman–Crippen MR) is 121 cm³/mol. The van der Waals surface area contributed by atoms with Gasteiger partial charge < -0.3 is 14.8 Å². The van der Waals surface area contributed by atoms with Crippen molar-refractivity contribution in [2.24, 2.45) is 0 Å². The number of nitrogens with zero attached hydrogens (tertiary/aromatic N) is 1. The minimum Gasteiger partial charge on any atom is -0.495 e. The molecule has 0 spiro atoms. The first-order valence-electron chi connectivity index (χ1n) is 9.67. The lowest BCUT2D eigenvalue weighted by Gasteiger charge is -2.25. The van der Waals surface area contributed by atoms with Crippen molar-refractivity contribution in [3.63, 3.8) is 0 Å². The molecule has 1 saturated heterocycles. The van der Waals surface area contributed by atoms with E-state index in [2.05, 4.69) is 5.32 Å². The first-order valence-corrected chi connectivity index (χ1v) is 12.7. The second-order valence-electron chi connectivity index (χ2n) is 6.79. The second-order valence-corrected chi connectivity index (χ2v) is 11.2. The molecule has 0 radical (unpaired) electrons. The first-order chi connectivity index (χ1) is 15.0. The monoisotopic (exact) mass is 478 g/mol. The van der Waals surface area contributed by atoms with Gasteiger partial charge in [0.2, 0.25) is 0 Å². The second kappa shape index (κ2) is 9.49. The molecule has 0 atom stereocenters. The van der Waals surface area contributed by atoms with Crippen LogP contribution in [0.5, 0.6) is 5.75 Å². The fourth-order valence-corrected chi connectivity index (χ4v) is 7.09. The summed E-state index contributed by atoms with van der Waals surface area (Å²) in [6.07, 6.45) is 0. The largest absolute Gasteiger partial charge is 0.495 e. The third-order valence-electron chi connectivity index (χ3n) is 4.81. The van der Waals surface area contributed by atoms with Crippen molar-refractivity contribution in [1.29, 1.82) is 0 Å². The Morgan fingerprint density at radius 2 is 1.87 bits per heavy atom. The van der Waals surface area contributed by atoms with Gasteiger partial charge in [-0.15, -0.1) is 22.7 Å². The molecule has 1 aliphatic rings. The highest BCUT2D eigenvalue weighted by Crippen LogP contribution is 2.36. The van der Waals surface area contributed by atoms with Crippen LogP contribution in [0.25, 0.3) is 10.4 Å². The third-order valence-corrected chi connectivity index (χ3v) is 9.42. The molecule has 4 rings (SSSR count). The van der Waals surface area contributed by atoms with Crippen LogP contribution in [0.15, 0.2) is 52.7 Å². The van der Waals surface area contributed by atoms with Crippen molar-refractivity contribution in [1.82, 2.24) is 9.62 Å². The number of ether oxygens (including phenoxy) is 2. The van der Waals surface area contributed by atoms with Gasteiger partial charge in [-0.1, -0.05) is 30.3 Å². The number of thiophene rings is 2. The number of nitrogens with one attached hydrogen (secondary N) is 1. The van der Waals surface area contributed by atoms with E-state index in [1.807, 2.05) is 36.4 Å². The van der Waals surface area contributed by atoms with E-state index in [4.69, 9.17) is 9.47 Å². The Balaban J connectivity index is 1.44. The molecular weight excluding hydrogens is 456 g/mol. The van der Waals surface area contributed by atoms with Crippen molar-refractivity contribution in [2.45, 2.75) is 10.8 Å². The smallest absolute Gasteiger partial charge is 0.265 e. The van der Waals surface area contributed by atoms with E-state index in [1.165, 1.54) is 34.1 Å². The zero-order valence-corrected chi connectivity index (χ0v) is 19.3. The molecule has 1 N–H and O–H groups in total. The Hall–Kier alpha value is -2.24. The maximum atomic E-state index is 12.8. The van der Waals surface area contributed by atoms with Gasteiger partial charge in [0, 0.05) is 22.8 Å². The minimum atomic E-state index is -3.53. The van der Waals surface area contributed by atoms with Crippen LogP contribution >= 0.6 is 22.7 Å². The fourth-order valence-electron chi connectivity index (χ4n) is 3.18. The van der Waals surface area contributed by atoms with Gasteiger partial charge >= 0.3 is 0 Å². The number of amides is 1. The van der Waals surface area contributed by atoms with Gasteiger partial charge in [0.15, 0.2) is 0 Å². The molecule has 3 heterocycles. The zero-order chi connectivity index (χ0) is 21.8. The third kappa shape index (κ3) is 4.83. The first kappa shape index (κ1) is 22.0. The average molecular weight is 479 g/mol. The van der Waals surface area contributed by atoms with E-state index in [9.17, 15) is 13.2 Å².